The van der Waals surface area contributed by atoms with Gasteiger partial charge in [0.1, 0.15) is 11.5 Å². The average Bonchev–Trinajstić information content (AvgIpc) is 2.46. The second kappa shape index (κ2) is 9.03. The molecule has 1 amide bonds. The fourth-order valence-corrected chi connectivity index (χ4v) is 2.31. The van der Waals surface area contributed by atoms with E-state index in [9.17, 15) is 4.79 Å². The Hall–Kier alpha value is -2.40. The van der Waals surface area contributed by atoms with Crippen molar-refractivity contribution < 1.29 is 14.3 Å². The van der Waals surface area contributed by atoms with Gasteiger partial charge in [-0.1, -0.05) is 6.07 Å². The summed E-state index contributed by atoms with van der Waals surface area (Å²) in [6.45, 7) is 4.35. The van der Waals surface area contributed by atoms with Crippen molar-refractivity contribution in [2.45, 2.75) is 20.3 Å². The Labute approximate surface area is 148 Å². The maximum Gasteiger partial charge on any atom is 0.227 e. The topological polar surface area (TPSA) is 73.6 Å². The number of benzene rings is 2. The van der Waals surface area contributed by atoms with Gasteiger partial charge in [0, 0.05) is 5.69 Å². The number of carbonyl (C=O) groups excluding carboxylic acids is 1. The molecule has 2 aromatic carbocycles. The largest absolute Gasteiger partial charge is 0.495 e. The van der Waals surface area contributed by atoms with Gasteiger partial charge in [-0.25, -0.2) is 0 Å². The molecule has 0 bridgehead atoms. The number of rotatable bonds is 6. The van der Waals surface area contributed by atoms with E-state index in [-0.39, 0.29) is 24.7 Å². The number of ether oxygens (including phenoxy) is 2. The molecular formula is C18H23ClN2O3. The number of anilines is 2. The predicted octanol–water partition coefficient (Wildman–Crippen LogP) is 3.72. The molecule has 6 heteroatoms. The zero-order chi connectivity index (χ0) is 16.8. The van der Waals surface area contributed by atoms with Gasteiger partial charge in [-0.3, -0.25) is 4.79 Å². The van der Waals surface area contributed by atoms with Crippen LogP contribution in [0.25, 0.3) is 0 Å². The van der Waals surface area contributed by atoms with E-state index in [4.69, 9.17) is 15.2 Å². The summed E-state index contributed by atoms with van der Waals surface area (Å²) in [5.41, 5.74) is 9.21. The van der Waals surface area contributed by atoms with E-state index in [1.807, 2.05) is 26.0 Å². The molecule has 0 aliphatic rings. The molecule has 0 unspecified atom stereocenters. The Balaban J connectivity index is 0.00000288. The standard InChI is InChI=1S/C18H22N2O3.ClH/c1-12-8-13(2)10-15(9-12)23-7-6-18(21)20-14-4-5-17(22-3)16(19)11-14;/h4-5,8-11H,6-7,19H2,1-3H3,(H,20,21);1H. The molecule has 0 radical (unpaired) electrons. The van der Waals surface area contributed by atoms with E-state index in [1.54, 1.807) is 25.3 Å². The monoisotopic (exact) mass is 350 g/mol. The molecule has 0 saturated carbocycles. The smallest absolute Gasteiger partial charge is 0.227 e. The van der Waals surface area contributed by atoms with E-state index < -0.39 is 0 Å². The summed E-state index contributed by atoms with van der Waals surface area (Å²) in [5, 5.41) is 2.79. The van der Waals surface area contributed by atoms with Gasteiger partial charge in [0.05, 0.1) is 25.8 Å². The van der Waals surface area contributed by atoms with Gasteiger partial charge in [-0.05, 0) is 55.3 Å². The molecule has 0 fully saturated rings. The maximum atomic E-state index is 11.9. The molecular weight excluding hydrogens is 328 g/mol. The summed E-state index contributed by atoms with van der Waals surface area (Å²) >= 11 is 0. The van der Waals surface area contributed by atoms with Crippen LogP contribution in [0.2, 0.25) is 0 Å². The van der Waals surface area contributed by atoms with Gasteiger partial charge in [0.2, 0.25) is 5.91 Å². The SMILES string of the molecule is COc1ccc(NC(=O)CCOc2cc(C)cc(C)c2)cc1N.Cl. The molecule has 0 heterocycles. The summed E-state index contributed by atoms with van der Waals surface area (Å²) in [4.78, 5) is 11.9. The number of methoxy groups -OCH3 is 1. The van der Waals surface area contributed by atoms with E-state index in [1.165, 1.54) is 0 Å². The van der Waals surface area contributed by atoms with Crippen LogP contribution in [0.4, 0.5) is 11.4 Å². The highest BCUT2D eigenvalue weighted by Gasteiger charge is 2.06. The van der Waals surface area contributed by atoms with Gasteiger partial charge in [-0.2, -0.15) is 0 Å². The second-order valence-corrected chi connectivity index (χ2v) is 5.43. The van der Waals surface area contributed by atoms with Crippen LogP contribution in [0.1, 0.15) is 17.5 Å². The van der Waals surface area contributed by atoms with Crippen molar-refractivity contribution in [2.75, 3.05) is 24.8 Å². The summed E-state index contributed by atoms with van der Waals surface area (Å²) < 4.78 is 10.7. The lowest BCUT2D eigenvalue weighted by Gasteiger charge is -2.10. The minimum atomic E-state index is -0.126. The predicted molar refractivity (Wildman–Crippen MR) is 99.3 cm³/mol. The molecule has 130 valence electrons. The zero-order valence-electron chi connectivity index (χ0n) is 14.1. The average molecular weight is 351 g/mol. The highest BCUT2D eigenvalue weighted by atomic mass is 35.5. The lowest BCUT2D eigenvalue weighted by molar-refractivity contribution is -0.116. The van der Waals surface area contributed by atoms with Crippen LogP contribution >= 0.6 is 12.4 Å². The van der Waals surface area contributed by atoms with Crippen molar-refractivity contribution in [1.29, 1.82) is 0 Å². The van der Waals surface area contributed by atoms with Crippen LogP contribution in [-0.4, -0.2) is 19.6 Å². The van der Waals surface area contributed by atoms with Crippen LogP contribution in [0.5, 0.6) is 11.5 Å². The number of amides is 1. The molecule has 0 atom stereocenters. The van der Waals surface area contributed by atoms with Gasteiger partial charge >= 0.3 is 0 Å². The third-order valence-electron chi connectivity index (χ3n) is 3.31. The Morgan fingerprint density at radius 1 is 1.12 bits per heavy atom. The van der Waals surface area contributed by atoms with E-state index in [2.05, 4.69) is 11.4 Å². The molecule has 2 aromatic rings. The van der Waals surface area contributed by atoms with E-state index in [0.29, 0.717) is 23.7 Å². The minimum Gasteiger partial charge on any atom is -0.495 e. The number of aryl methyl sites for hydroxylation is 2. The quantitative estimate of drug-likeness (QED) is 0.778. The van der Waals surface area contributed by atoms with Gasteiger partial charge in [-0.15, -0.1) is 12.4 Å². The zero-order valence-corrected chi connectivity index (χ0v) is 14.9. The van der Waals surface area contributed by atoms with Crippen LogP contribution in [-0.2, 0) is 4.79 Å². The molecule has 0 aliphatic carbocycles. The molecule has 5 nitrogen and oxygen atoms in total. The van der Waals surface area contributed by atoms with E-state index >= 15 is 0 Å². The van der Waals surface area contributed by atoms with Crippen LogP contribution in [0, 0.1) is 13.8 Å². The summed E-state index contributed by atoms with van der Waals surface area (Å²) in [7, 11) is 1.55. The highest BCUT2D eigenvalue weighted by Crippen LogP contribution is 2.24. The number of nitrogens with one attached hydrogen (secondary N) is 1. The molecule has 0 spiro atoms. The van der Waals surface area contributed by atoms with Crippen molar-refractivity contribution in [1.82, 2.24) is 0 Å². The van der Waals surface area contributed by atoms with Gasteiger partial charge < -0.3 is 20.5 Å². The maximum absolute atomic E-state index is 11.9. The number of halogens is 1. The molecule has 2 rings (SSSR count). The lowest BCUT2D eigenvalue weighted by atomic mass is 10.1. The fraction of sp³-hybridized carbons (Fsp3) is 0.278. The number of hydrogen-bond acceptors (Lipinski definition) is 4. The number of carbonyl (C=O) groups is 1. The molecule has 24 heavy (non-hydrogen) atoms. The van der Waals surface area contributed by atoms with Crippen LogP contribution < -0.4 is 20.5 Å². The fourth-order valence-electron chi connectivity index (χ4n) is 2.31. The molecule has 3 N–H and O–H groups in total. The van der Waals surface area contributed by atoms with Gasteiger partial charge in [0.25, 0.3) is 0 Å². The van der Waals surface area contributed by atoms with Gasteiger partial charge in [0.15, 0.2) is 0 Å². The first-order chi connectivity index (χ1) is 11.0. The first-order valence-electron chi connectivity index (χ1n) is 7.42. The Bertz CT molecular complexity index is 684. The number of nitrogens with two attached hydrogens (primary N) is 1. The Kier molecular flexibility index (Phi) is 7.39. The molecule has 0 saturated heterocycles. The first kappa shape index (κ1) is 19.6. The third-order valence-corrected chi connectivity index (χ3v) is 3.31. The van der Waals surface area contributed by atoms with Crippen LogP contribution in [0.15, 0.2) is 36.4 Å². The summed E-state index contributed by atoms with van der Waals surface area (Å²) in [6, 6.07) is 11.1. The lowest BCUT2D eigenvalue weighted by Crippen LogP contribution is -2.15. The normalized spacial score (nSPS) is 9.79. The summed E-state index contributed by atoms with van der Waals surface area (Å²) in [6.07, 6.45) is 0.263. The van der Waals surface area contributed by atoms with E-state index in [0.717, 1.165) is 16.9 Å². The Morgan fingerprint density at radius 2 is 1.79 bits per heavy atom. The van der Waals surface area contributed by atoms with Crippen molar-refractivity contribution in [3.63, 3.8) is 0 Å². The number of nitrogen functional groups attached to an aromatic ring is 1. The molecule has 0 aromatic heterocycles. The Morgan fingerprint density at radius 3 is 2.38 bits per heavy atom. The molecule has 0 aliphatic heterocycles. The summed E-state index contributed by atoms with van der Waals surface area (Å²) in [5.74, 6) is 1.24. The van der Waals surface area contributed by atoms with Crippen molar-refractivity contribution in [2.24, 2.45) is 0 Å². The van der Waals surface area contributed by atoms with Crippen molar-refractivity contribution in [3.05, 3.63) is 47.5 Å². The second-order valence-electron chi connectivity index (χ2n) is 5.43. The number of hydrogen-bond donors (Lipinski definition) is 2. The van der Waals surface area contributed by atoms with Crippen LogP contribution in [0.3, 0.4) is 0 Å². The van der Waals surface area contributed by atoms with Crippen molar-refractivity contribution in [3.8, 4) is 11.5 Å². The highest BCUT2D eigenvalue weighted by molar-refractivity contribution is 5.91. The first-order valence-corrected chi connectivity index (χ1v) is 7.42. The minimum absolute atomic E-state index is 0. The third kappa shape index (κ3) is 5.66. The van der Waals surface area contributed by atoms with Crippen molar-refractivity contribution >= 4 is 29.7 Å².